The Morgan fingerprint density at radius 2 is 1.89 bits per heavy atom. The van der Waals surface area contributed by atoms with E-state index >= 15 is 0 Å². The SMILES string of the molecule is CC1CCC(NC(=O)C2C[C@H]2COS(C)(=O)=O)CC1. The van der Waals surface area contributed by atoms with Crippen LogP contribution in [-0.4, -0.2) is 33.2 Å². The van der Waals surface area contributed by atoms with Gasteiger partial charge in [-0.2, -0.15) is 8.42 Å². The summed E-state index contributed by atoms with van der Waals surface area (Å²) >= 11 is 0. The normalized spacial score (nSPS) is 34.8. The highest BCUT2D eigenvalue weighted by molar-refractivity contribution is 7.85. The molecule has 2 aliphatic rings. The molecule has 0 heterocycles. The third-order valence-electron chi connectivity index (χ3n) is 4.12. The first-order valence-corrected chi connectivity index (χ1v) is 8.81. The largest absolute Gasteiger partial charge is 0.353 e. The highest BCUT2D eigenvalue weighted by atomic mass is 32.2. The molecule has 1 unspecified atom stereocenters. The van der Waals surface area contributed by atoms with Crippen LogP contribution >= 0.6 is 0 Å². The second-order valence-corrected chi connectivity index (χ2v) is 7.70. The highest BCUT2D eigenvalue weighted by Gasteiger charge is 2.44. The van der Waals surface area contributed by atoms with Crippen LogP contribution in [0.1, 0.15) is 39.0 Å². The first-order chi connectivity index (χ1) is 8.85. The zero-order valence-corrected chi connectivity index (χ0v) is 12.4. The van der Waals surface area contributed by atoms with E-state index in [-0.39, 0.29) is 24.3 Å². The molecule has 0 spiro atoms. The molecule has 2 fully saturated rings. The van der Waals surface area contributed by atoms with E-state index in [4.69, 9.17) is 4.18 Å². The van der Waals surface area contributed by atoms with Crippen molar-refractivity contribution in [1.29, 1.82) is 0 Å². The van der Waals surface area contributed by atoms with Crippen molar-refractivity contribution in [3.63, 3.8) is 0 Å². The summed E-state index contributed by atoms with van der Waals surface area (Å²) in [5, 5.41) is 3.08. The summed E-state index contributed by atoms with van der Waals surface area (Å²) in [5.74, 6) is 0.852. The van der Waals surface area contributed by atoms with Gasteiger partial charge in [0.1, 0.15) is 0 Å². The van der Waals surface area contributed by atoms with E-state index in [9.17, 15) is 13.2 Å². The number of carbonyl (C=O) groups is 1. The van der Waals surface area contributed by atoms with Gasteiger partial charge in [-0.1, -0.05) is 6.92 Å². The lowest BCUT2D eigenvalue weighted by atomic mass is 9.87. The second kappa shape index (κ2) is 5.79. The van der Waals surface area contributed by atoms with Crippen LogP contribution in [0.25, 0.3) is 0 Å². The van der Waals surface area contributed by atoms with Crippen molar-refractivity contribution < 1.29 is 17.4 Å². The summed E-state index contributed by atoms with van der Waals surface area (Å²) in [6, 6.07) is 0.306. The van der Waals surface area contributed by atoms with Gasteiger partial charge in [0.05, 0.1) is 12.9 Å². The molecule has 6 heteroatoms. The molecule has 0 saturated heterocycles. The van der Waals surface area contributed by atoms with Crippen LogP contribution in [0.2, 0.25) is 0 Å². The van der Waals surface area contributed by atoms with Crippen LogP contribution in [0, 0.1) is 17.8 Å². The third kappa shape index (κ3) is 4.76. The van der Waals surface area contributed by atoms with Crippen LogP contribution in [0.15, 0.2) is 0 Å². The first-order valence-electron chi connectivity index (χ1n) is 7.00. The molecule has 0 aromatic heterocycles. The van der Waals surface area contributed by atoms with Crippen LogP contribution in [0.3, 0.4) is 0 Å². The van der Waals surface area contributed by atoms with Gasteiger partial charge in [0, 0.05) is 12.0 Å². The van der Waals surface area contributed by atoms with E-state index in [2.05, 4.69) is 12.2 Å². The number of hydrogen-bond donors (Lipinski definition) is 1. The fraction of sp³-hybridized carbons (Fsp3) is 0.923. The monoisotopic (exact) mass is 289 g/mol. The Hall–Kier alpha value is -0.620. The van der Waals surface area contributed by atoms with E-state index in [1.54, 1.807) is 0 Å². The molecule has 2 atom stereocenters. The topological polar surface area (TPSA) is 72.5 Å². The summed E-state index contributed by atoms with van der Waals surface area (Å²) in [6.07, 6.45) is 6.25. The van der Waals surface area contributed by atoms with Crippen LogP contribution < -0.4 is 5.32 Å². The molecule has 2 aliphatic carbocycles. The average molecular weight is 289 g/mol. The Morgan fingerprint density at radius 1 is 1.26 bits per heavy atom. The fourth-order valence-electron chi connectivity index (χ4n) is 2.68. The number of hydrogen-bond acceptors (Lipinski definition) is 4. The summed E-state index contributed by atoms with van der Waals surface area (Å²) < 4.78 is 26.5. The Morgan fingerprint density at radius 3 is 2.47 bits per heavy atom. The maximum atomic E-state index is 12.0. The van der Waals surface area contributed by atoms with E-state index in [1.807, 2.05) is 0 Å². The molecule has 110 valence electrons. The maximum absolute atomic E-state index is 12.0. The molecule has 2 saturated carbocycles. The second-order valence-electron chi connectivity index (χ2n) is 6.06. The highest BCUT2D eigenvalue weighted by Crippen LogP contribution is 2.39. The number of carbonyl (C=O) groups excluding carboxylic acids is 1. The lowest BCUT2D eigenvalue weighted by molar-refractivity contribution is -0.123. The number of rotatable bonds is 5. The van der Waals surface area contributed by atoms with Crippen LogP contribution in [0.5, 0.6) is 0 Å². The van der Waals surface area contributed by atoms with Crippen LogP contribution in [-0.2, 0) is 19.1 Å². The van der Waals surface area contributed by atoms with Crippen molar-refractivity contribution in [1.82, 2.24) is 5.32 Å². The van der Waals surface area contributed by atoms with Crippen molar-refractivity contribution in [3.05, 3.63) is 0 Å². The molecule has 0 aliphatic heterocycles. The molecular weight excluding hydrogens is 266 g/mol. The minimum absolute atomic E-state index is 0.0545. The van der Waals surface area contributed by atoms with Crippen molar-refractivity contribution in [2.24, 2.45) is 17.8 Å². The zero-order chi connectivity index (χ0) is 14.0. The van der Waals surface area contributed by atoms with Crippen LogP contribution in [0.4, 0.5) is 0 Å². The van der Waals surface area contributed by atoms with Gasteiger partial charge >= 0.3 is 0 Å². The Bertz CT molecular complexity index is 426. The van der Waals surface area contributed by atoms with E-state index in [0.717, 1.165) is 31.4 Å². The van der Waals surface area contributed by atoms with Crippen molar-refractivity contribution in [2.45, 2.75) is 45.1 Å². The summed E-state index contributed by atoms with van der Waals surface area (Å²) in [4.78, 5) is 12.0. The lowest BCUT2D eigenvalue weighted by Crippen LogP contribution is -2.38. The predicted molar refractivity (Wildman–Crippen MR) is 72.0 cm³/mol. The summed E-state index contributed by atoms with van der Waals surface area (Å²) in [5.41, 5.74) is 0. The maximum Gasteiger partial charge on any atom is 0.264 e. The van der Waals surface area contributed by atoms with E-state index in [0.29, 0.717) is 6.04 Å². The molecule has 0 bridgehead atoms. The first kappa shape index (κ1) is 14.8. The molecule has 0 aromatic rings. The summed E-state index contributed by atoms with van der Waals surface area (Å²) in [6.45, 7) is 2.39. The Balaban J connectivity index is 1.68. The van der Waals surface area contributed by atoms with Crippen molar-refractivity contribution >= 4 is 16.0 Å². The van der Waals surface area contributed by atoms with Gasteiger partial charge in [-0.25, -0.2) is 0 Å². The van der Waals surface area contributed by atoms with Gasteiger partial charge < -0.3 is 5.32 Å². The van der Waals surface area contributed by atoms with Crippen molar-refractivity contribution in [2.75, 3.05) is 12.9 Å². The molecule has 5 nitrogen and oxygen atoms in total. The van der Waals surface area contributed by atoms with Gasteiger partial charge in [-0.3, -0.25) is 8.98 Å². The predicted octanol–water partition coefficient (Wildman–Crippen LogP) is 1.29. The van der Waals surface area contributed by atoms with Gasteiger partial charge in [0.25, 0.3) is 10.1 Å². The smallest absolute Gasteiger partial charge is 0.264 e. The molecule has 19 heavy (non-hydrogen) atoms. The van der Waals surface area contributed by atoms with Crippen molar-refractivity contribution in [3.8, 4) is 0 Å². The molecule has 0 radical (unpaired) electrons. The molecular formula is C13H23NO4S. The third-order valence-corrected chi connectivity index (χ3v) is 4.68. The van der Waals surface area contributed by atoms with Gasteiger partial charge in [0.2, 0.25) is 5.91 Å². The van der Waals surface area contributed by atoms with Gasteiger partial charge in [0.15, 0.2) is 0 Å². The number of amides is 1. The number of nitrogens with one attached hydrogen (secondary N) is 1. The average Bonchev–Trinajstić information content (AvgIpc) is 3.08. The molecule has 0 aromatic carbocycles. The Kier molecular flexibility index (Phi) is 4.50. The summed E-state index contributed by atoms with van der Waals surface area (Å²) in [7, 11) is -3.39. The molecule has 1 N–H and O–H groups in total. The molecule has 2 rings (SSSR count). The van der Waals surface area contributed by atoms with Gasteiger partial charge in [-0.15, -0.1) is 0 Å². The van der Waals surface area contributed by atoms with E-state index < -0.39 is 10.1 Å². The minimum atomic E-state index is -3.39. The Labute approximate surface area is 115 Å². The quantitative estimate of drug-likeness (QED) is 0.774. The zero-order valence-electron chi connectivity index (χ0n) is 11.6. The fourth-order valence-corrected chi connectivity index (χ4v) is 3.10. The van der Waals surface area contributed by atoms with Gasteiger partial charge in [-0.05, 0) is 43.9 Å². The lowest BCUT2D eigenvalue weighted by Gasteiger charge is -2.27. The van der Waals surface area contributed by atoms with E-state index in [1.165, 1.54) is 12.8 Å². The minimum Gasteiger partial charge on any atom is -0.353 e. The standard InChI is InChI=1S/C13H23NO4S/c1-9-3-5-11(6-4-9)14-13(15)12-7-10(12)8-18-19(2,16)17/h9-12H,3-8H2,1-2H3,(H,14,15)/t9?,10-,11?,12?/m0/s1. The molecule has 1 amide bonds.